The molecule has 156 valence electrons. The molecule has 29 heavy (non-hydrogen) atoms. The van der Waals surface area contributed by atoms with E-state index in [1.165, 1.54) is 4.90 Å². The van der Waals surface area contributed by atoms with Crippen molar-refractivity contribution >= 4 is 40.9 Å². The minimum atomic E-state index is -0.825. The van der Waals surface area contributed by atoms with Crippen molar-refractivity contribution in [2.45, 2.75) is 52.1 Å². The Labute approximate surface area is 181 Å². The molecular weight excluding hydrogens is 411 g/mol. The van der Waals surface area contributed by atoms with Gasteiger partial charge in [-0.1, -0.05) is 55.3 Å². The van der Waals surface area contributed by atoms with Crippen LogP contribution in [0.1, 0.15) is 51.6 Å². The Hall–Kier alpha value is -1.85. The monoisotopic (exact) mass is 436 g/mol. The lowest BCUT2D eigenvalue weighted by Crippen LogP contribution is -2.51. The molecule has 1 aliphatic carbocycles. The largest absolute Gasteiger partial charge is 0.348 e. The summed E-state index contributed by atoms with van der Waals surface area (Å²) in [7, 11) is 0. The highest BCUT2D eigenvalue weighted by molar-refractivity contribution is 6.35. The van der Waals surface area contributed by atoms with Crippen LogP contribution in [0.15, 0.2) is 30.4 Å². The lowest BCUT2D eigenvalue weighted by molar-refractivity contribution is -0.148. The fourth-order valence-electron chi connectivity index (χ4n) is 4.15. The Morgan fingerprint density at radius 3 is 2.21 bits per heavy atom. The Morgan fingerprint density at radius 2 is 1.69 bits per heavy atom. The van der Waals surface area contributed by atoms with Crippen molar-refractivity contribution in [1.82, 2.24) is 10.2 Å². The van der Waals surface area contributed by atoms with Gasteiger partial charge in [-0.2, -0.15) is 0 Å². The number of amides is 3. The number of halogens is 2. The van der Waals surface area contributed by atoms with Crippen molar-refractivity contribution in [3.63, 3.8) is 0 Å². The molecule has 7 heteroatoms. The Morgan fingerprint density at radius 1 is 1.10 bits per heavy atom. The summed E-state index contributed by atoms with van der Waals surface area (Å²) in [5.41, 5.74) is 0.727. The van der Waals surface area contributed by atoms with Crippen molar-refractivity contribution in [3.05, 3.63) is 46.0 Å². The van der Waals surface area contributed by atoms with Gasteiger partial charge in [0.05, 0.1) is 17.9 Å². The zero-order valence-electron chi connectivity index (χ0n) is 16.8. The summed E-state index contributed by atoms with van der Waals surface area (Å²) in [4.78, 5) is 40.4. The fraction of sp³-hybridized carbons (Fsp3) is 0.500. The third-order valence-electron chi connectivity index (χ3n) is 5.64. The van der Waals surface area contributed by atoms with Crippen molar-refractivity contribution in [3.8, 4) is 0 Å². The van der Waals surface area contributed by atoms with E-state index in [2.05, 4.69) is 5.32 Å². The van der Waals surface area contributed by atoms with Gasteiger partial charge in [0.2, 0.25) is 17.7 Å². The Balaban J connectivity index is 1.82. The predicted octanol–water partition coefficient (Wildman–Crippen LogP) is 4.54. The smallest absolute Gasteiger partial charge is 0.243 e. The number of likely N-dealkylation sites (tertiary alicyclic amines) is 1. The molecule has 1 N–H and O–H groups in total. The van der Waals surface area contributed by atoms with Crippen molar-refractivity contribution in [1.29, 1.82) is 0 Å². The number of hydrogen-bond donors (Lipinski definition) is 1. The minimum absolute atomic E-state index is 0.140. The van der Waals surface area contributed by atoms with E-state index < -0.39 is 12.1 Å². The second-order valence-corrected chi connectivity index (χ2v) is 9.09. The number of imide groups is 1. The molecule has 1 aliphatic heterocycles. The highest BCUT2D eigenvalue weighted by atomic mass is 35.5. The summed E-state index contributed by atoms with van der Waals surface area (Å²) in [5.74, 6) is -1.37. The number of carbonyl (C=O) groups excluding carboxylic acids is 3. The van der Waals surface area contributed by atoms with Gasteiger partial charge in [-0.05, 0) is 49.8 Å². The Kier molecular flexibility index (Phi) is 6.69. The summed E-state index contributed by atoms with van der Waals surface area (Å²) in [6.45, 7) is 5.76. The van der Waals surface area contributed by atoms with Crippen molar-refractivity contribution < 1.29 is 14.4 Å². The summed E-state index contributed by atoms with van der Waals surface area (Å²) < 4.78 is 0. The average molecular weight is 437 g/mol. The zero-order valence-corrected chi connectivity index (χ0v) is 18.3. The van der Waals surface area contributed by atoms with E-state index in [0.29, 0.717) is 29.3 Å². The second-order valence-electron chi connectivity index (χ2n) is 8.24. The molecule has 5 nitrogen and oxygen atoms in total. The van der Waals surface area contributed by atoms with E-state index in [0.717, 1.165) is 5.56 Å². The van der Waals surface area contributed by atoms with Crippen LogP contribution in [0, 0.1) is 17.8 Å². The van der Waals surface area contributed by atoms with E-state index >= 15 is 0 Å². The molecule has 0 aromatic heterocycles. The summed E-state index contributed by atoms with van der Waals surface area (Å²) in [5, 5.41) is 3.90. The van der Waals surface area contributed by atoms with E-state index in [1.807, 2.05) is 32.9 Å². The third kappa shape index (κ3) is 4.51. The van der Waals surface area contributed by atoms with Gasteiger partial charge < -0.3 is 5.32 Å². The normalized spacial score (nSPS) is 23.3. The van der Waals surface area contributed by atoms with E-state index in [-0.39, 0.29) is 35.5 Å². The molecule has 1 fully saturated rings. The van der Waals surface area contributed by atoms with E-state index in [9.17, 15) is 14.4 Å². The fourth-order valence-corrected chi connectivity index (χ4v) is 4.72. The Bertz CT molecular complexity index is 826. The highest BCUT2D eigenvalue weighted by Gasteiger charge is 2.51. The predicted molar refractivity (Wildman–Crippen MR) is 113 cm³/mol. The van der Waals surface area contributed by atoms with Gasteiger partial charge in [0.15, 0.2) is 0 Å². The molecule has 1 heterocycles. The minimum Gasteiger partial charge on any atom is -0.348 e. The van der Waals surface area contributed by atoms with Crippen LogP contribution in [0.25, 0.3) is 0 Å². The molecule has 2 aliphatic rings. The average Bonchev–Trinajstić information content (AvgIpc) is 2.90. The third-order valence-corrected chi connectivity index (χ3v) is 6.20. The van der Waals surface area contributed by atoms with Crippen LogP contribution in [0.5, 0.6) is 0 Å². The van der Waals surface area contributed by atoms with Crippen LogP contribution in [0.2, 0.25) is 10.0 Å². The second kappa shape index (κ2) is 8.88. The molecule has 0 bridgehead atoms. The molecule has 0 spiro atoms. The number of nitrogens with zero attached hydrogens (tertiary/aromatic N) is 1. The van der Waals surface area contributed by atoms with Crippen LogP contribution in [0.3, 0.4) is 0 Å². The molecule has 1 saturated heterocycles. The number of allylic oxidation sites excluding steroid dienone is 2. The van der Waals surface area contributed by atoms with Gasteiger partial charge in [0.25, 0.3) is 0 Å². The molecule has 1 aromatic rings. The standard InChI is InChI=1S/C22H26Cl2N2O3/c1-12(2)10-19(26-21(28)16-6-4-5-7-17(16)22(26)29)20(27)25-13(3)15-9-8-14(23)11-18(15)24/h4-5,8-9,11-13,16-17,19H,6-7,10H2,1-3H3,(H,25,27). The lowest BCUT2D eigenvalue weighted by atomic mass is 9.85. The molecule has 0 saturated carbocycles. The van der Waals surface area contributed by atoms with Gasteiger partial charge in [-0.25, -0.2) is 0 Å². The number of rotatable bonds is 6. The first-order valence-electron chi connectivity index (χ1n) is 9.98. The van der Waals surface area contributed by atoms with Crippen LogP contribution >= 0.6 is 23.2 Å². The van der Waals surface area contributed by atoms with Crippen LogP contribution < -0.4 is 5.32 Å². The van der Waals surface area contributed by atoms with Crippen LogP contribution in [-0.2, 0) is 14.4 Å². The number of carbonyl (C=O) groups is 3. The molecular formula is C22H26Cl2N2O3. The first-order valence-corrected chi connectivity index (χ1v) is 10.7. The maximum Gasteiger partial charge on any atom is 0.243 e. The molecule has 3 amide bonds. The molecule has 4 atom stereocenters. The van der Waals surface area contributed by atoms with Crippen LogP contribution in [-0.4, -0.2) is 28.7 Å². The first-order chi connectivity index (χ1) is 13.7. The van der Waals surface area contributed by atoms with Gasteiger partial charge in [0, 0.05) is 10.0 Å². The molecule has 0 radical (unpaired) electrons. The van der Waals surface area contributed by atoms with Crippen LogP contribution in [0.4, 0.5) is 0 Å². The van der Waals surface area contributed by atoms with E-state index in [1.54, 1.807) is 18.2 Å². The SMILES string of the molecule is CC(C)CC(C(=O)NC(C)c1ccc(Cl)cc1Cl)N1C(=O)C2CC=CCC2C1=O. The maximum absolute atomic E-state index is 13.2. The van der Waals surface area contributed by atoms with Crippen molar-refractivity contribution in [2.75, 3.05) is 0 Å². The van der Waals surface area contributed by atoms with Gasteiger partial charge in [-0.3, -0.25) is 19.3 Å². The number of hydrogen-bond acceptors (Lipinski definition) is 3. The number of fused-ring (bicyclic) bond motifs is 1. The number of nitrogens with one attached hydrogen (secondary N) is 1. The molecule has 1 aromatic carbocycles. The van der Waals surface area contributed by atoms with Gasteiger partial charge >= 0.3 is 0 Å². The van der Waals surface area contributed by atoms with Gasteiger partial charge in [-0.15, -0.1) is 0 Å². The van der Waals surface area contributed by atoms with Gasteiger partial charge in [0.1, 0.15) is 6.04 Å². The number of benzene rings is 1. The summed E-state index contributed by atoms with van der Waals surface area (Å²) in [6.07, 6.45) is 5.41. The molecule has 3 rings (SSSR count). The zero-order chi connectivity index (χ0) is 21.3. The topological polar surface area (TPSA) is 66.5 Å². The summed E-state index contributed by atoms with van der Waals surface area (Å²) in [6, 6.07) is 3.88. The van der Waals surface area contributed by atoms with Crippen molar-refractivity contribution in [2.24, 2.45) is 17.8 Å². The first kappa shape index (κ1) is 21.8. The quantitative estimate of drug-likeness (QED) is 0.525. The lowest BCUT2D eigenvalue weighted by Gasteiger charge is -2.29. The van der Waals surface area contributed by atoms with E-state index in [4.69, 9.17) is 23.2 Å². The maximum atomic E-state index is 13.2. The molecule has 4 unspecified atom stereocenters. The summed E-state index contributed by atoms with van der Waals surface area (Å²) >= 11 is 12.2. The highest BCUT2D eigenvalue weighted by Crippen LogP contribution is 2.37.